The lowest BCUT2D eigenvalue weighted by Crippen LogP contribution is -2.52. The van der Waals surface area contributed by atoms with E-state index in [2.05, 4.69) is 61.2 Å². The van der Waals surface area contributed by atoms with Crippen LogP contribution in [0.4, 0.5) is 5.13 Å². The van der Waals surface area contributed by atoms with Gasteiger partial charge in [0.15, 0.2) is 11.1 Å². The van der Waals surface area contributed by atoms with Gasteiger partial charge >= 0.3 is 0 Å². The number of hydrogen-bond acceptors (Lipinski definition) is 5. The number of thiazole rings is 1. The van der Waals surface area contributed by atoms with Crippen LogP contribution in [0.2, 0.25) is 0 Å². The van der Waals surface area contributed by atoms with Crippen LogP contribution in [0.5, 0.6) is 0 Å². The summed E-state index contributed by atoms with van der Waals surface area (Å²) in [4.78, 5) is 13.8. The molecule has 1 aromatic heterocycles. The van der Waals surface area contributed by atoms with Gasteiger partial charge in [0, 0.05) is 51.2 Å². The van der Waals surface area contributed by atoms with E-state index in [1.54, 1.807) is 11.3 Å². The summed E-state index contributed by atoms with van der Waals surface area (Å²) in [5.74, 6) is 0.880. The summed E-state index contributed by atoms with van der Waals surface area (Å²) in [5.41, 5.74) is 2.48. The fourth-order valence-electron chi connectivity index (χ4n) is 4.59. The zero-order chi connectivity index (χ0) is 20.2. The summed E-state index contributed by atoms with van der Waals surface area (Å²) in [7, 11) is 5.89. The van der Waals surface area contributed by atoms with Crippen molar-refractivity contribution >= 4 is 22.4 Å². The quantitative estimate of drug-likeness (QED) is 0.564. The molecule has 0 spiro atoms. The van der Waals surface area contributed by atoms with Crippen molar-refractivity contribution in [3.63, 3.8) is 0 Å². The van der Waals surface area contributed by atoms with Gasteiger partial charge in [-0.05, 0) is 31.2 Å². The first kappa shape index (κ1) is 20.2. The van der Waals surface area contributed by atoms with E-state index in [1.807, 2.05) is 26.0 Å². The molecule has 0 aliphatic carbocycles. The maximum absolute atomic E-state index is 4.64. The summed E-state index contributed by atoms with van der Waals surface area (Å²) in [5, 5.41) is 10.2. The second-order valence-electron chi connectivity index (χ2n) is 8.30. The standard InChI is InChI=1S/C22H32N6S/c1-23-21(24-13-18-15-29-22(26-18)27(2)3)25-17-11-19-9-10-20(12-17)28(19)14-16-7-5-4-6-8-16/h4-8,15,17,19-20H,9-14H2,1-3H3,(H2,23,24,25). The van der Waals surface area contributed by atoms with Gasteiger partial charge in [-0.25, -0.2) is 4.98 Å². The summed E-state index contributed by atoms with van der Waals surface area (Å²) in [6.07, 6.45) is 5.00. The average molecular weight is 413 g/mol. The second-order valence-corrected chi connectivity index (χ2v) is 9.13. The molecule has 0 saturated carbocycles. The predicted octanol–water partition coefficient (Wildman–Crippen LogP) is 3.07. The topological polar surface area (TPSA) is 55.8 Å². The van der Waals surface area contributed by atoms with Gasteiger partial charge in [-0.1, -0.05) is 30.3 Å². The number of nitrogens with one attached hydrogen (secondary N) is 2. The zero-order valence-electron chi connectivity index (χ0n) is 17.6. The molecule has 2 N–H and O–H groups in total. The number of hydrogen-bond donors (Lipinski definition) is 2. The van der Waals surface area contributed by atoms with Crippen molar-refractivity contribution in [1.29, 1.82) is 0 Å². The Labute approximate surface area is 178 Å². The highest BCUT2D eigenvalue weighted by molar-refractivity contribution is 7.13. The molecule has 1 aromatic carbocycles. The fraction of sp³-hybridized carbons (Fsp3) is 0.545. The normalized spacial score (nSPS) is 24.5. The molecule has 3 heterocycles. The highest BCUT2D eigenvalue weighted by atomic mass is 32.1. The molecule has 6 nitrogen and oxygen atoms in total. The third-order valence-electron chi connectivity index (χ3n) is 6.02. The highest BCUT2D eigenvalue weighted by Crippen LogP contribution is 2.36. The molecule has 7 heteroatoms. The van der Waals surface area contributed by atoms with Crippen LogP contribution in [-0.2, 0) is 13.1 Å². The SMILES string of the molecule is CN=C(NCc1csc(N(C)C)n1)NC1CC2CCC(C1)N2Cc1ccccc1. The van der Waals surface area contributed by atoms with E-state index >= 15 is 0 Å². The first-order valence-corrected chi connectivity index (χ1v) is 11.4. The van der Waals surface area contributed by atoms with Gasteiger partial charge in [0.05, 0.1) is 12.2 Å². The number of guanidine groups is 1. The summed E-state index contributed by atoms with van der Waals surface area (Å²) in [6, 6.07) is 12.7. The van der Waals surface area contributed by atoms with E-state index in [0.29, 0.717) is 24.7 Å². The van der Waals surface area contributed by atoms with Gasteiger partial charge < -0.3 is 15.5 Å². The Kier molecular flexibility index (Phi) is 6.35. The lowest BCUT2D eigenvalue weighted by molar-refractivity contribution is 0.114. The molecule has 2 unspecified atom stereocenters. The molecule has 2 aliphatic rings. The zero-order valence-corrected chi connectivity index (χ0v) is 18.5. The number of anilines is 1. The lowest BCUT2D eigenvalue weighted by Gasteiger charge is -2.39. The van der Waals surface area contributed by atoms with Crippen molar-refractivity contribution in [3.05, 3.63) is 47.0 Å². The maximum Gasteiger partial charge on any atom is 0.191 e. The maximum atomic E-state index is 4.64. The van der Waals surface area contributed by atoms with Crippen LogP contribution >= 0.6 is 11.3 Å². The Balaban J connectivity index is 1.29. The van der Waals surface area contributed by atoms with Gasteiger partial charge in [-0.3, -0.25) is 9.89 Å². The highest BCUT2D eigenvalue weighted by Gasteiger charge is 2.40. The minimum Gasteiger partial charge on any atom is -0.354 e. The van der Waals surface area contributed by atoms with Crippen LogP contribution in [0.1, 0.15) is 36.9 Å². The van der Waals surface area contributed by atoms with E-state index < -0.39 is 0 Å². The number of benzene rings is 1. The number of piperidine rings is 1. The van der Waals surface area contributed by atoms with Crippen molar-refractivity contribution in [2.75, 3.05) is 26.0 Å². The number of aliphatic imine (C=N–C) groups is 1. The third-order valence-corrected chi connectivity index (χ3v) is 7.07. The smallest absolute Gasteiger partial charge is 0.191 e. The van der Waals surface area contributed by atoms with Gasteiger partial charge in [-0.15, -0.1) is 11.3 Å². The number of fused-ring (bicyclic) bond motifs is 2. The molecule has 29 heavy (non-hydrogen) atoms. The van der Waals surface area contributed by atoms with Crippen LogP contribution in [-0.4, -0.2) is 55.1 Å². The molecule has 2 aliphatic heterocycles. The first-order valence-electron chi connectivity index (χ1n) is 10.5. The Morgan fingerprint density at radius 2 is 1.93 bits per heavy atom. The molecule has 2 fully saturated rings. The number of aromatic nitrogens is 1. The van der Waals surface area contributed by atoms with E-state index in [4.69, 9.17) is 0 Å². The first-order chi connectivity index (χ1) is 14.1. The van der Waals surface area contributed by atoms with Gasteiger partial charge in [0.2, 0.25) is 0 Å². The van der Waals surface area contributed by atoms with Crippen molar-refractivity contribution in [2.24, 2.45) is 4.99 Å². The van der Waals surface area contributed by atoms with Crippen molar-refractivity contribution < 1.29 is 0 Å². The summed E-state index contributed by atoms with van der Waals surface area (Å²) >= 11 is 1.67. The van der Waals surface area contributed by atoms with Crippen LogP contribution < -0.4 is 15.5 Å². The van der Waals surface area contributed by atoms with Crippen LogP contribution in [0, 0.1) is 0 Å². The van der Waals surface area contributed by atoms with Crippen molar-refractivity contribution in [2.45, 2.75) is 56.9 Å². The molecule has 0 radical (unpaired) electrons. The summed E-state index contributed by atoms with van der Waals surface area (Å²) in [6.45, 7) is 1.78. The molecule has 2 aromatic rings. The van der Waals surface area contributed by atoms with Crippen LogP contribution in [0.25, 0.3) is 0 Å². The Hall–Kier alpha value is -2.12. The summed E-state index contributed by atoms with van der Waals surface area (Å²) < 4.78 is 0. The minimum atomic E-state index is 0.485. The molecule has 2 bridgehead atoms. The molecular formula is C22H32N6S. The van der Waals surface area contributed by atoms with E-state index in [-0.39, 0.29) is 0 Å². The van der Waals surface area contributed by atoms with E-state index in [9.17, 15) is 0 Å². The van der Waals surface area contributed by atoms with Gasteiger partial charge in [0.25, 0.3) is 0 Å². The van der Waals surface area contributed by atoms with Crippen LogP contribution in [0.3, 0.4) is 0 Å². The van der Waals surface area contributed by atoms with Gasteiger partial charge in [-0.2, -0.15) is 0 Å². The molecule has 156 valence electrons. The van der Waals surface area contributed by atoms with Crippen molar-refractivity contribution in [1.82, 2.24) is 20.5 Å². The number of nitrogens with zero attached hydrogens (tertiary/aromatic N) is 4. The largest absolute Gasteiger partial charge is 0.354 e. The third kappa shape index (κ3) is 4.90. The van der Waals surface area contributed by atoms with E-state index in [1.165, 1.54) is 31.2 Å². The molecule has 2 saturated heterocycles. The molecule has 2 atom stereocenters. The molecular weight excluding hydrogens is 380 g/mol. The monoisotopic (exact) mass is 412 g/mol. The van der Waals surface area contributed by atoms with Crippen LogP contribution in [0.15, 0.2) is 40.7 Å². The molecule has 0 amide bonds. The lowest BCUT2D eigenvalue weighted by atomic mass is 9.96. The average Bonchev–Trinajstić information content (AvgIpc) is 3.28. The Morgan fingerprint density at radius 1 is 1.21 bits per heavy atom. The minimum absolute atomic E-state index is 0.485. The number of rotatable bonds is 6. The van der Waals surface area contributed by atoms with Gasteiger partial charge in [0.1, 0.15) is 0 Å². The molecule has 4 rings (SSSR count). The van der Waals surface area contributed by atoms with Crippen molar-refractivity contribution in [3.8, 4) is 0 Å². The second kappa shape index (κ2) is 9.13. The Bertz CT molecular complexity index is 804. The van der Waals surface area contributed by atoms with E-state index in [0.717, 1.165) is 23.3 Å². The Morgan fingerprint density at radius 3 is 2.55 bits per heavy atom. The fourth-order valence-corrected chi connectivity index (χ4v) is 5.35. The predicted molar refractivity (Wildman–Crippen MR) is 122 cm³/mol.